The number of pyridine rings is 1. The number of anilines is 1. The van der Waals surface area contributed by atoms with Gasteiger partial charge in [-0.3, -0.25) is 0 Å². The van der Waals surface area contributed by atoms with Gasteiger partial charge in [0.15, 0.2) is 6.04 Å². The summed E-state index contributed by atoms with van der Waals surface area (Å²) in [6, 6.07) is 5.29. The summed E-state index contributed by atoms with van der Waals surface area (Å²) in [7, 11) is 0. The quantitative estimate of drug-likeness (QED) is 0.363. The molecule has 0 amide bonds. The number of fused-ring (bicyclic) bond motifs is 5. The first-order valence-corrected chi connectivity index (χ1v) is 10.5. The Bertz CT molecular complexity index is 690. The number of thioether (sulfide) groups is 1. The van der Waals surface area contributed by atoms with Gasteiger partial charge in [-0.1, -0.05) is 29.0 Å². The normalized spacial score (nSPS) is 32.4. The van der Waals surface area contributed by atoms with E-state index in [9.17, 15) is 5.26 Å². The average Bonchev–Trinajstić information content (AvgIpc) is 2.96. The second-order valence-electron chi connectivity index (χ2n) is 6.97. The number of rotatable bonds is 0. The summed E-state index contributed by atoms with van der Waals surface area (Å²) in [4.78, 5) is 2.52. The van der Waals surface area contributed by atoms with Gasteiger partial charge in [0, 0.05) is 19.0 Å². The summed E-state index contributed by atoms with van der Waals surface area (Å²) >= 11 is 4.66. The van der Waals surface area contributed by atoms with Crippen molar-refractivity contribution >= 4 is 40.0 Å². The molecule has 1 aromatic rings. The molecule has 5 heterocycles. The fourth-order valence-electron chi connectivity index (χ4n) is 4.87. The smallest absolute Gasteiger partial charge is 0.259 e. The number of halogens is 1. The van der Waals surface area contributed by atoms with Crippen LogP contribution in [-0.2, 0) is 0 Å². The van der Waals surface area contributed by atoms with Crippen LogP contribution in [0.5, 0.6) is 0 Å². The molecule has 22 heavy (non-hydrogen) atoms. The average molecular weight is 424 g/mol. The molecule has 1 aromatic heterocycles. The number of hydrogen-bond acceptors (Lipinski definition) is 3. The van der Waals surface area contributed by atoms with Crippen LogP contribution in [0, 0.1) is 11.3 Å². The van der Waals surface area contributed by atoms with Gasteiger partial charge in [0.25, 0.3) is 5.03 Å². The van der Waals surface area contributed by atoms with Crippen LogP contribution in [0.4, 0.5) is 5.69 Å². The molecule has 1 aliphatic carbocycles. The van der Waals surface area contributed by atoms with Crippen LogP contribution < -0.4 is 9.47 Å². The molecule has 114 valence electrons. The molecule has 0 N–H and O–H groups in total. The highest BCUT2D eigenvalue weighted by Gasteiger charge is 2.53. The maximum absolute atomic E-state index is 9.68. The minimum absolute atomic E-state index is 0.608. The fraction of sp³-hybridized carbons (Fsp3) is 0.647. The van der Waals surface area contributed by atoms with Crippen molar-refractivity contribution in [3.05, 3.63) is 17.3 Å². The van der Waals surface area contributed by atoms with Crippen LogP contribution in [0.15, 0.2) is 11.1 Å². The van der Waals surface area contributed by atoms with Gasteiger partial charge in [-0.25, -0.2) is 0 Å². The van der Waals surface area contributed by atoms with E-state index in [0.717, 1.165) is 11.5 Å². The molecule has 4 aliphatic heterocycles. The summed E-state index contributed by atoms with van der Waals surface area (Å²) in [5.74, 6) is 0.719. The zero-order chi connectivity index (χ0) is 14.8. The SMILES string of the molecule is N#Cc1cc2c([n+]3c1S[C@H]1CCC[C@H](I)[C@@H]13)C1CCN2CC1. The lowest BCUT2D eigenvalue weighted by Crippen LogP contribution is -2.55. The first kappa shape index (κ1) is 13.9. The maximum Gasteiger partial charge on any atom is 0.259 e. The van der Waals surface area contributed by atoms with Gasteiger partial charge in [0.1, 0.15) is 17.3 Å². The highest BCUT2D eigenvalue weighted by atomic mass is 127. The largest absolute Gasteiger partial charge is 0.366 e. The highest BCUT2D eigenvalue weighted by molar-refractivity contribution is 14.1. The molecule has 3 atom stereocenters. The lowest BCUT2D eigenvalue weighted by atomic mass is 9.84. The van der Waals surface area contributed by atoms with E-state index in [0.29, 0.717) is 15.2 Å². The Morgan fingerprint density at radius 2 is 2.09 bits per heavy atom. The van der Waals surface area contributed by atoms with Crippen molar-refractivity contribution in [1.82, 2.24) is 0 Å². The minimum atomic E-state index is 0.608. The summed E-state index contributed by atoms with van der Waals surface area (Å²) in [5.41, 5.74) is 3.85. The number of piperidine rings is 1. The fourth-order valence-corrected chi connectivity index (χ4v) is 8.01. The molecule has 6 rings (SSSR count). The third-order valence-electron chi connectivity index (χ3n) is 5.88. The first-order valence-electron chi connectivity index (χ1n) is 8.36. The van der Waals surface area contributed by atoms with Gasteiger partial charge >= 0.3 is 0 Å². The Kier molecular flexibility index (Phi) is 3.17. The monoisotopic (exact) mass is 424 g/mol. The van der Waals surface area contributed by atoms with E-state index in [1.165, 1.54) is 55.9 Å². The first-order chi connectivity index (χ1) is 10.8. The summed E-state index contributed by atoms with van der Waals surface area (Å²) in [6.07, 6.45) is 6.58. The van der Waals surface area contributed by atoms with E-state index in [4.69, 9.17) is 0 Å². The molecule has 2 bridgehead atoms. The predicted octanol–water partition coefficient (Wildman–Crippen LogP) is 3.55. The van der Waals surface area contributed by atoms with Crippen molar-refractivity contribution < 1.29 is 4.57 Å². The molecule has 0 aromatic carbocycles. The molecular formula is C17H19IN3S+. The number of nitrogens with zero attached hydrogens (tertiary/aromatic N) is 3. The number of alkyl halides is 1. The third-order valence-corrected chi connectivity index (χ3v) is 8.69. The van der Waals surface area contributed by atoms with Crippen molar-refractivity contribution in [3.63, 3.8) is 0 Å². The summed E-state index contributed by atoms with van der Waals surface area (Å²) in [6.45, 7) is 2.35. The zero-order valence-corrected chi connectivity index (χ0v) is 15.4. The van der Waals surface area contributed by atoms with E-state index >= 15 is 0 Å². The minimum Gasteiger partial charge on any atom is -0.366 e. The van der Waals surface area contributed by atoms with Gasteiger partial charge < -0.3 is 4.90 Å². The molecule has 0 radical (unpaired) electrons. The number of nitriles is 1. The van der Waals surface area contributed by atoms with E-state index in [2.05, 4.69) is 44.2 Å². The highest BCUT2D eigenvalue weighted by Crippen LogP contribution is 2.50. The van der Waals surface area contributed by atoms with Gasteiger partial charge in [0.05, 0.1) is 9.17 Å². The lowest BCUT2D eigenvalue weighted by molar-refractivity contribution is -0.757. The van der Waals surface area contributed by atoms with Gasteiger partial charge in [-0.2, -0.15) is 9.83 Å². The van der Waals surface area contributed by atoms with Crippen LogP contribution in [-0.4, -0.2) is 22.3 Å². The van der Waals surface area contributed by atoms with E-state index in [1.807, 2.05) is 11.8 Å². The van der Waals surface area contributed by atoms with Crippen molar-refractivity contribution in [2.75, 3.05) is 18.0 Å². The van der Waals surface area contributed by atoms with Crippen LogP contribution in [0.1, 0.15) is 55.3 Å². The second-order valence-corrected chi connectivity index (χ2v) is 9.80. The van der Waals surface area contributed by atoms with Crippen molar-refractivity contribution in [1.29, 1.82) is 5.26 Å². The molecule has 0 spiro atoms. The van der Waals surface area contributed by atoms with E-state index in [1.54, 1.807) is 5.69 Å². The third kappa shape index (κ3) is 1.77. The molecular weight excluding hydrogens is 405 g/mol. The molecule has 1 saturated heterocycles. The maximum atomic E-state index is 9.68. The molecule has 5 heteroatoms. The Morgan fingerprint density at radius 3 is 2.86 bits per heavy atom. The molecule has 1 saturated carbocycles. The van der Waals surface area contributed by atoms with Gasteiger partial charge in [-0.15, -0.1) is 0 Å². The Labute approximate surface area is 149 Å². The van der Waals surface area contributed by atoms with Gasteiger partial charge in [-0.05, 0) is 43.5 Å². The van der Waals surface area contributed by atoms with Gasteiger partial charge in [0.2, 0.25) is 5.69 Å². The van der Waals surface area contributed by atoms with E-state index < -0.39 is 0 Å². The topological polar surface area (TPSA) is 30.9 Å². The molecule has 0 unspecified atom stereocenters. The second kappa shape index (κ2) is 5.01. The Morgan fingerprint density at radius 1 is 1.27 bits per heavy atom. The Balaban J connectivity index is 1.77. The van der Waals surface area contributed by atoms with Crippen LogP contribution in [0.25, 0.3) is 0 Å². The van der Waals surface area contributed by atoms with Crippen LogP contribution in [0.2, 0.25) is 0 Å². The molecule has 2 fully saturated rings. The molecule has 5 aliphatic rings. The van der Waals surface area contributed by atoms with Crippen molar-refractivity contribution in [3.8, 4) is 6.07 Å². The molecule has 3 nitrogen and oxygen atoms in total. The van der Waals surface area contributed by atoms with Crippen LogP contribution in [0.3, 0.4) is 0 Å². The Hall–Kier alpha value is -0.480. The number of aromatic nitrogens is 1. The lowest BCUT2D eigenvalue weighted by Gasteiger charge is -2.40. The van der Waals surface area contributed by atoms with E-state index in [-0.39, 0.29) is 0 Å². The standard InChI is InChI=1S/C17H19IN3S/c18-12-2-1-3-14-16(12)21-15-10-4-6-20(7-5-10)13(15)8-11(9-19)17(21)22-14/h8,10,12,14,16H,1-7H2/q+1/t12-,14-,16-/m0/s1. The zero-order valence-electron chi connectivity index (χ0n) is 12.5. The predicted molar refractivity (Wildman–Crippen MR) is 95.9 cm³/mol. The summed E-state index contributed by atoms with van der Waals surface area (Å²) < 4.78 is 3.35. The van der Waals surface area contributed by atoms with Crippen molar-refractivity contribution in [2.24, 2.45) is 0 Å². The summed E-state index contributed by atoms with van der Waals surface area (Å²) in [5, 5.41) is 11.6. The number of hydrogen-bond donors (Lipinski definition) is 0. The van der Waals surface area contributed by atoms with Crippen LogP contribution >= 0.6 is 34.4 Å². The van der Waals surface area contributed by atoms with Crippen molar-refractivity contribution in [2.45, 2.75) is 58.3 Å².